The molecule has 2 rings (SSSR count). The minimum atomic E-state index is -0.292. The van der Waals surface area contributed by atoms with Crippen LogP contribution in [0.4, 0.5) is 4.39 Å². The molecular weight excluding hydrogens is 229 g/mol. The van der Waals surface area contributed by atoms with E-state index in [0.717, 1.165) is 25.9 Å². The fourth-order valence-electron chi connectivity index (χ4n) is 2.12. The third kappa shape index (κ3) is 3.91. The Bertz CT molecular complexity index is 367. The van der Waals surface area contributed by atoms with E-state index in [1.807, 2.05) is 13.8 Å². The average Bonchev–Trinajstić information content (AvgIpc) is 2.42. The molecule has 0 radical (unpaired) electrons. The molecule has 3 heteroatoms. The lowest BCUT2D eigenvalue weighted by Crippen LogP contribution is -2.33. The number of hydrogen-bond acceptors (Lipinski definition) is 2. The maximum atomic E-state index is 12.7. The van der Waals surface area contributed by atoms with Crippen LogP contribution in [0, 0.1) is 11.7 Å². The topological polar surface area (TPSA) is 20.3 Å². The summed E-state index contributed by atoms with van der Waals surface area (Å²) in [7, 11) is 2.07. The van der Waals surface area contributed by atoms with Crippen molar-refractivity contribution in [2.24, 2.45) is 5.92 Å². The molecule has 18 heavy (non-hydrogen) atoms. The van der Waals surface area contributed by atoms with Crippen molar-refractivity contribution in [1.29, 1.82) is 0 Å². The number of Topliss-reactive ketones (excluding diaryl/α,β-unsaturated/α-hetero) is 1. The number of rotatable bonds is 2. The first kappa shape index (κ1) is 14.8. The van der Waals surface area contributed by atoms with E-state index in [0.29, 0.717) is 5.56 Å². The Labute approximate surface area is 109 Å². The first-order valence-electron chi connectivity index (χ1n) is 6.65. The van der Waals surface area contributed by atoms with Crippen LogP contribution in [-0.2, 0) is 0 Å². The van der Waals surface area contributed by atoms with Gasteiger partial charge in [-0.1, -0.05) is 13.8 Å². The molecule has 0 atom stereocenters. The summed E-state index contributed by atoms with van der Waals surface area (Å²) in [6.07, 6.45) is 1.82. The van der Waals surface area contributed by atoms with Gasteiger partial charge in [0.2, 0.25) is 0 Å². The zero-order valence-electron chi connectivity index (χ0n) is 11.4. The molecule has 1 aliphatic rings. The summed E-state index contributed by atoms with van der Waals surface area (Å²) in [4.78, 5) is 14.3. The molecule has 0 spiro atoms. The van der Waals surface area contributed by atoms with E-state index in [2.05, 4.69) is 11.9 Å². The van der Waals surface area contributed by atoms with Crippen molar-refractivity contribution in [3.8, 4) is 0 Å². The van der Waals surface area contributed by atoms with Gasteiger partial charge < -0.3 is 4.90 Å². The first-order chi connectivity index (χ1) is 8.66. The van der Waals surface area contributed by atoms with Gasteiger partial charge >= 0.3 is 0 Å². The van der Waals surface area contributed by atoms with Gasteiger partial charge in [-0.3, -0.25) is 4.79 Å². The molecule has 1 aromatic carbocycles. The molecule has 1 saturated heterocycles. The van der Waals surface area contributed by atoms with Gasteiger partial charge in [0.25, 0.3) is 0 Å². The predicted octanol–water partition coefficient (Wildman–Crippen LogP) is 3.38. The fraction of sp³-hybridized carbons (Fsp3) is 0.533. The number of halogens is 1. The number of carbonyl (C=O) groups excluding carboxylic acids is 1. The summed E-state index contributed by atoms with van der Waals surface area (Å²) < 4.78 is 12.7. The molecule has 0 amide bonds. The summed E-state index contributed by atoms with van der Waals surface area (Å²) in [5.41, 5.74) is 0.635. The van der Waals surface area contributed by atoms with E-state index in [1.54, 1.807) is 12.1 Å². The fourth-order valence-corrected chi connectivity index (χ4v) is 2.12. The average molecular weight is 251 g/mol. The Hall–Kier alpha value is -1.22. The maximum Gasteiger partial charge on any atom is 0.166 e. The Morgan fingerprint density at radius 2 is 1.67 bits per heavy atom. The van der Waals surface area contributed by atoms with E-state index < -0.39 is 0 Å². The van der Waals surface area contributed by atoms with E-state index in [9.17, 15) is 9.18 Å². The molecular formula is C15H22FNO. The van der Waals surface area contributed by atoms with Crippen LogP contribution in [0.2, 0.25) is 0 Å². The molecule has 0 unspecified atom stereocenters. The molecule has 1 heterocycles. The lowest BCUT2D eigenvalue weighted by atomic mass is 9.89. The molecule has 2 nitrogen and oxygen atoms in total. The molecule has 100 valence electrons. The number of piperidine rings is 1. The largest absolute Gasteiger partial charge is 0.306 e. The van der Waals surface area contributed by atoms with Gasteiger partial charge in [0, 0.05) is 11.5 Å². The Morgan fingerprint density at radius 1 is 1.17 bits per heavy atom. The van der Waals surface area contributed by atoms with Gasteiger partial charge in [-0.05, 0) is 57.2 Å². The van der Waals surface area contributed by atoms with Crippen molar-refractivity contribution in [3.63, 3.8) is 0 Å². The molecule has 0 N–H and O–H groups in total. The van der Waals surface area contributed by atoms with Gasteiger partial charge in [0.05, 0.1) is 0 Å². The van der Waals surface area contributed by atoms with Crippen LogP contribution in [0.25, 0.3) is 0 Å². The van der Waals surface area contributed by atoms with E-state index in [4.69, 9.17) is 0 Å². The zero-order chi connectivity index (χ0) is 13.5. The van der Waals surface area contributed by atoms with Gasteiger partial charge in [-0.15, -0.1) is 0 Å². The standard InChI is InChI=1S/C13H16FNO.C2H6/c1-15-8-6-11(7-9-15)13(16)10-2-4-12(14)5-3-10;1-2/h2-5,11H,6-9H2,1H3;1-2H3. The summed E-state index contributed by atoms with van der Waals surface area (Å²) >= 11 is 0. The molecule has 0 aromatic heterocycles. The molecule has 1 aliphatic heterocycles. The van der Waals surface area contributed by atoms with Crippen LogP contribution >= 0.6 is 0 Å². The maximum absolute atomic E-state index is 12.7. The second kappa shape index (κ2) is 7.27. The van der Waals surface area contributed by atoms with Crippen molar-refractivity contribution in [2.75, 3.05) is 20.1 Å². The van der Waals surface area contributed by atoms with Crippen LogP contribution in [0.5, 0.6) is 0 Å². The molecule has 1 aromatic rings. The van der Waals surface area contributed by atoms with Gasteiger partial charge in [0.15, 0.2) is 5.78 Å². The lowest BCUT2D eigenvalue weighted by Gasteiger charge is -2.27. The Kier molecular flexibility index (Phi) is 5.99. The number of nitrogens with zero attached hydrogens (tertiary/aromatic N) is 1. The second-order valence-corrected chi connectivity index (χ2v) is 4.45. The zero-order valence-corrected chi connectivity index (χ0v) is 11.4. The minimum absolute atomic E-state index is 0.113. The SMILES string of the molecule is CC.CN1CCC(C(=O)c2ccc(F)cc2)CC1. The predicted molar refractivity (Wildman–Crippen MR) is 72.3 cm³/mol. The second-order valence-electron chi connectivity index (χ2n) is 4.45. The molecule has 0 bridgehead atoms. The van der Waals surface area contributed by atoms with Crippen LogP contribution in [0.1, 0.15) is 37.0 Å². The van der Waals surface area contributed by atoms with Crippen LogP contribution < -0.4 is 0 Å². The summed E-state index contributed by atoms with van der Waals surface area (Å²) in [6.45, 7) is 5.94. The number of ketones is 1. The smallest absolute Gasteiger partial charge is 0.166 e. The van der Waals surface area contributed by atoms with E-state index in [-0.39, 0.29) is 17.5 Å². The lowest BCUT2D eigenvalue weighted by molar-refractivity contribution is 0.0857. The summed E-state index contributed by atoms with van der Waals surface area (Å²) in [5, 5.41) is 0. The van der Waals surface area contributed by atoms with Gasteiger partial charge in [0.1, 0.15) is 5.82 Å². The summed E-state index contributed by atoms with van der Waals surface area (Å²) in [6, 6.07) is 5.86. The Morgan fingerprint density at radius 3 is 2.17 bits per heavy atom. The number of hydrogen-bond donors (Lipinski definition) is 0. The first-order valence-corrected chi connectivity index (χ1v) is 6.65. The van der Waals surface area contributed by atoms with Crippen LogP contribution in [0.3, 0.4) is 0 Å². The van der Waals surface area contributed by atoms with Crippen molar-refractivity contribution in [2.45, 2.75) is 26.7 Å². The highest BCUT2D eigenvalue weighted by Gasteiger charge is 2.24. The molecule has 1 fully saturated rings. The molecule has 0 saturated carbocycles. The number of benzene rings is 1. The van der Waals surface area contributed by atoms with Crippen LogP contribution in [-0.4, -0.2) is 30.8 Å². The van der Waals surface area contributed by atoms with Crippen molar-refractivity contribution < 1.29 is 9.18 Å². The van der Waals surface area contributed by atoms with Crippen molar-refractivity contribution >= 4 is 5.78 Å². The molecule has 0 aliphatic carbocycles. The third-order valence-electron chi connectivity index (χ3n) is 3.22. The van der Waals surface area contributed by atoms with Crippen molar-refractivity contribution in [3.05, 3.63) is 35.6 Å². The highest BCUT2D eigenvalue weighted by Crippen LogP contribution is 2.21. The monoisotopic (exact) mass is 251 g/mol. The number of carbonyl (C=O) groups is 1. The summed E-state index contributed by atoms with van der Waals surface area (Å²) in [5.74, 6) is -0.0188. The van der Waals surface area contributed by atoms with E-state index >= 15 is 0 Å². The normalized spacial score (nSPS) is 16.9. The van der Waals surface area contributed by atoms with Crippen molar-refractivity contribution in [1.82, 2.24) is 4.90 Å². The highest BCUT2D eigenvalue weighted by atomic mass is 19.1. The van der Waals surface area contributed by atoms with Gasteiger partial charge in [-0.2, -0.15) is 0 Å². The third-order valence-corrected chi connectivity index (χ3v) is 3.22. The van der Waals surface area contributed by atoms with E-state index in [1.165, 1.54) is 12.1 Å². The highest BCUT2D eigenvalue weighted by molar-refractivity contribution is 5.97. The number of likely N-dealkylation sites (tertiary alicyclic amines) is 1. The van der Waals surface area contributed by atoms with Gasteiger partial charge in [-0.25, -0.2) is 4.39 Å². The quantitative estimate of drug-likeness (QED) is 0.751. The van der Waals surface area contributed by atoms with Crippen LogP contribution in [0.15, 0.2) is 24.3 Å². The Balaban J connectivity index is 0.000000771. The minimum Gasteiger partial charge on any atom is -0.306 e.